The van der Waals surface area contributed by atoms with Gasteiger partial charge in [-0.05, 0) is 23.1 Å². The highest BCUT2D eigenvalue weighted by Crippen LogP contribution is 2.30. The topological polar surface area (TPSA) is 46.2 Å². The first-order chi connectivity index (χ1) is 24.3. The van der Waals surface area contributed by atoms with Crippen LogP contribution in [0, 0.1) is 0 Å². The minimum atomic E-state index is -0.508. The summed E-state index contributed by atoms with van der Waals surface area (Å²) in [5.41, 5.74) is 3.37. The molecule has 0 aromatic heterocycles. The van der Waals surface area contributed by atoms with E-state index in [0.717, 1.165) is 23.1 Å². The maximum atomic E-state index is 6.56. The quantitative estimate of drug-likeness (QED) is 0.0719. The van der Waals surface area contributed by atoms with E-state index in [-0.39, 0.29) is 18.3 Å². The molecule has 0 bridgehead atoms. The summed E-state index contributed by atoms with van der Waals surface area (Å²) in [4.78, 5) is 0. The molecular formula is C44H64O5. The highest BCUT2D eigenvalue weighted by molar-refractivity contribution is 5.15. The molecule has 5 nitrogen and oxygen atoms in total. The van der Waals surface area contributed by atoms with E-state index in [1.54, 1.807) is 0 Å². The van der Waals surface area contributed by atoms with Gasteiger partial charge in [0, 0.05) is 6.61 Å². The van der Waals surface area contributed by atoms with Crippen molar-refractivity contribution in [1.82, 2.24) is 0 Å². The predicted octanol–water partition coefficient (Wildman–Crippen LogP) is 11.4. The van der Waals surface area contributed by atoms with E-state index in [1.165, 1.54) is 96.3 Å². The maximum Gasteiger partial charge on any atom is 0.186 e. The first-order valence-electron chi connectivity index (χ1n) is 19.5. The SMILES string of the molecule is CCCCCCCCCCCCCCCCCCOC1O[C@H](COCc2ccccc2)[C@@H](OCc2ccccc2)[C@H]1OCc1ccccc1. The van der Waals surface area contributed by atoms with Crippen LogP contribution in [-0.2, 0) is 43.5 Å². The lowest BCUT2D eigenvalue weighted by molar-refractivity contribution is -0.185. The summed E-state index contributed by atoms with van der Waals surface area (Å²) in [6, 6.07) is 30.8. The molecule has 1 fully saturated rings. The Morgan fingerprint density at radius 1 is 0.449 bits per heavy atom. The van der Waals surface area contributed by atoms with Gasteiger partial charge in [-0.1, -0.05) is 194 Å². The van der Waals surface area contributed by atoms with E-state index in [4.69, 9.17) is 23.7 Å². The Morgan fingerprint density at radius 2 is 0.857 bits per heavy atom. The third-order valence-corrected chi connectivity index (χ3v) is 9.51. The molecular weight excluding hydrogens is 608 g/mol. The molecule has 5 heteroatoms. The van der Waals surface area contributed by atoms with Crippen LogP contribution in [0.15, 0.2) is 91.0 Å². The fraction of sp³-hybridized carbons (Fsp3) is 0.591. The monoisotopic (exact) mass is 672 g/mol. The zero-order valence-corrected chi connectivity index (χ0v) is 30.4. The van der Waals surface area contributed by atoms with E-state index in [2.05, 4.69) is 43.3 Å². The fourth-order valence-corrected chi connectivity index (χ4v) is 6.59. The van der Waals surface area contributed by atoms with Gasteiger partial charge >= 0.3 is 0 Å². The Balaban J connectivity index is 1.19. The fourth-order valence-electron chi connectivity index (χ4n) is 6.59. The molecule has 0 spiro atoms. The highest BCUT2D eigenvalue weighted by atomic mass is 16.7. The summed E-state index contributed by atoms with van der Waals surface area (Å²) in [6.45, 7) is 4.80. The number of hydrogen-bond donors (Lipinski definition) is 0. The van der Waals surface area contributed by atoms with Gasteiger partial charge in [-0.15, -0.1) is 0 Å². The Labute approximate surface area is 298 Å². The summed E-state index contributed by atoms with van der Waals surface area (Å²) < 4.78 is 32.2. The Kier molecular flexibility index (Phi) is 20.4. The lowest BCUT2D eigenvalue weighted by atomic mass is 10.0. The summed E-state index contributed by atoms with van der Waals surface area (Å²) in [6.07, 6.45) is 20.1. The molecule has 0 saturated carbocycles. The van der Waals surface area contributed by atoms with Gasteiger partial charge in [0.2, 0.25) is 0 Å². The predicted molar refractivity (Wildman–Crippen MR) is 200 cm³/mol. The van der Waals surface area contributed by atoms with Crippen molar-refractivity contribution in [3.8, 4) is 0 Å². The van der Waals surface area contributed by atoms with Crippen LogP contribution in [0.25, 0.3) is 0 Å². The van der Waals surface area contributed by atoms with Crippen molar-refractivity contribution in [2.75, 3.05) is 13.2 Å². The van der Waals surface area contributed by atoms with Crippen LogP contribution in [0.2, 0.25) is 0 Å². The molecule has 1 aliphatic rings. The molecule has 0 amide bonds. The first-order valence-corrected chi connectivity index (χ1v) is 19.5. The Morgan fingerprint density at radius 3 is 1.33 bits per heavy atom. The molecule has 1 aliphatic heterocycles. The summed E-state index contributed by atoms with van der Waals surface area (Å²) in [5, 5.41) is 0. The van der Waals surface area contributed by atoms with E-state index >= 15 is 0 Å². The number of benzene rings is 3. The van der Waals surface area contributed by atoms with Gasteiger partial charge in [-0.25, -0.2) is 0 Å². The summed E-state index contributed by atoms with van der Waals surface area (Å²) in [5.74, 6) is 0. The van der Waals surface area contributed by atoms with Gasteiger partial charge in [-0.2, -0.15) is 0 Å². The van der Waals surface area contributed by atoms with Crippen LogP contribution in [0.3, 0.4) is 0 Å². The van der Waals surface area contributed by atoms with Gasteiger partial charge in [0.15, 0.2) is 6.29 Å². The van der Waals surface area contributed by atoms with Crippen LogP contribution in [0.4, 0.5) is 0 Å². The van der Waals surface area contributed by atoms with E-state index in [9.17, 15) is 0 Å². The largest absolute Gasteiger partial charge is 0.374 e. The number of ether oxygens (including phenoxy) is 5. The van der Waals surface area contributed by atoms with Crippen molar-refractivity contribution in [1.29, 1.82) is 0 Å². The molecule has 4 rings (SSSR count). The standard InChI is InChI=1S/C44H64O5/c1-2-3-4-5-6-7-8-9-10-11-12-13-14-15-16-26-33-46-44-43(48-36-40-31-24-19-25-32-40)42(47-35-39-29-22-18-23-30-39)41(49-44)37-45-34-38-27-20-17-21-28-38/h17-25,27-32,41-44H,2-16,26,33-37H2,1H3/t41-,42-,43-,44?/m1/s1. The minimum Gasteiger partial charge on any atom is -0.374 e. The average molecular weight is 673 g/mol. The summed E-state index contributed by atoms with van der Waals surface area (Å²) in [7, 11) is 0. The third-order valence-electron chi connectivity index (χ3n) is 9.51. The lowest BCUT2D eigenvalue weighted by Gasteiger charge is -2.25. The van der Waals surface area contributed by atoms with E-state index in [0.29, 0.717) is 33.0 Å². The van der Waals surface area contributed by atoms with Gasteiger partial charge in [0.1, 0.15) is 18.3 Å². The highest BCUT2D eigenvalue weighted by Gasteiger charge is 2.47. The van der Waals surface area contributed by atoms with Crippen molar-refractivity contribution >= 4 is 0 Å². The zero-order valence-electron chi connectivity index (χ0n) is 30.4. The molecule has 3 aromatic rings. The van der Waals surface area contributed by atoms with E-state index in [1.807, 2.05) is 54.6 Å². The van der Waals surface area contributed by atoms with Crippen molar-refractivity contribution in [2.24, 2.45) is 0 Å². The third kappa shape index (κ3) is 16.4. The van der Waals surface area contributed by atoms with Gasteiger partial charge in [0.25, 0.3) is 0 Å². The van der Waals surface area contributed by atoms with Gasteiger partial charge < -0.3 is 23.7 Å². The van der Waals surface area contributed by atoms with E-state index < -0.39 is 6.29 Å². The van der Waals surface area contributed by atoms with Crippen molar-refractivity contribution < 1.29 is 23.7 Å². The van der Waals surface area contributed by atoms with Crippen molar-refractivity contribution in [2.45, 2.75) is 154 Å². The van der Waals surface area contributed by atoms with Crippen LogP contribution >= 0.6 is 0 Å². The first kappa shape index (κ1) is 39.2. The molecule has 4 atom stereocenters. The summed E-state index contributed by atoms with van der Waals surface area (Å²) >= 11 is 0. The number of unbranched alkanes of at least 4 members (excludes halogenated alkanes) is 15. The van der Waals surface area contributed by atoms with Crippen molar-refractivity contribution in [3.05, 3.63) is 108 Å². The minimum absolute atomic E-state index is 0.302. The molecule has 49 heavy (non-hydrogen) atoms. The van der Waals surface area contributed by atoms with Crippen LogP contribution in [0.5, 0.6) is 0 Å². The molecule has 270 valence electrons. The van der Waals surface area contributed by atoms with Crippen LogP contribution in [-0.4, -0.2) is 37.8 Å². The molecule has 1 unspecified atom stereocenters. The molecule has 3 aromatic carbocycles. The van der Waals surface area contributed by atoms with Crippen molar-refractivity contribution in [3.63, 3.8) is 0 Å². The normalized spacial score (nSPS) is 19.0. The zero-order chi connectivity index (χ0) is 34.0. The molecule has 0 aliphatic carbocycles. The average Bonchev–Trinajstić information content (AvgIpc) is 3.47. The Bertz CT molecular complexity index is 1170. The smallest absolute Gasteiger partial charge is 0.186 e. The molecule has 0 N–H and O–H groups in total. The second-order valence-electron chi connectivity index (χ2n) is 13.7. The van der Waals surface area contributed by atoms with Crippen LogP contribution in [0.1, 0.15) is 126 Å². The number of hydrogen-bond acceptors (Lipinski definition) is 5. The van der Waals surface area contributed by atoms with Crippen LogP contribution < -0.4 is 0 Å². The van der Waals surface area contributed by atoms with Gasteiger partial charge in [-0.3, -0.25) is 0 Å². The Hall–Kier alpha value is -2.54. The molecule has 0 radical (unpaired) electrons. The van der Waals surface area contributed by atoms with Gasteiger partial charge in [0.05, 0.1) is 26.4 Å². The second-order valence-corrected chi connectivity index (χ2v) is 13.7. The molecule has 1 saturated heterocycles. The maximum absolute atomic E-state index is 6.56. The second kappa shape index (κ2) is 25.4. The lowest BCUT2D eigenvalue weighted by Crippen LogP contribution is -2.39. The molecule has 1 heterocycles. The number of rotatable bonds is 28.